The summed E-state index contributed by atoms with van der Waals surface area (Å²) in [5.41, 5.74) is 2.10. The van der Waals surface area contributed by atoms with Gasteiger partial charge in [0.1, 0.15) is 11.4 Å². The predicted molar refractivity (Wildman–Crippen MR) is 101 cm³/mol. The van der Waals surface area contributed by atoms with E-state index in [-0.39, 0.29) is 5.91 Å². The van der Waals surface area contributed by atoms with Crippen molar-refractivity contribution >= 4 is 39.7 Å². The Bertz CT molecular complexity index is 882. The van der Waals surface area contributed by atoms with Gasteiger partial charge in [0.2, 0.25) is 0 Å². The fraction of sp³-hybridized carbons (Fsp3) is 0.111. The maximum Gasteiger partial charge on any atom is 0.271 e. The van der Waals surface area contributed by atoms with E-state index in [1.807, 2.05) is 36.4 Å². The number of methoxy groups -OCH3 is 1. The van der Waals surface area contributed by atoms with Crippen molar-refractivity contribution in [2.45, 2.75) is 6.54 Å². The number of hydrogen-bond donors (Lipinski definition) is 2. The summed E-state index contributed by atoms with van der Waals surface area (Å²) in [7, 11) is 1.61. The number of para-hydroxylation sites is 1. The Labute approximate surface area is 154 Å². The van der Waals surface area contributed by atoms with Crippen LogP contribution in [0.1, 0.15) is 16.1 Å². The lowest BCUT2D eigenvalue weighted by Crippen LogP contribution is -2.23. The van der Waals surface area contributed by atoms with Crippen LogP contribution in [0.25, 0.3) is 0 Å². The molecule has 25 heavy (non-hydrogen) atoms. The monoisotopic (exact) mass is 373 g/mol. The largest absolute Gasteiger partial charge is 0.496 e. The zero-order chi connectivity index (χ0) is 17.6. The number of nitrogens with one attached hydrogen (secondary N) is 2. The van der Waals surface area contributed by atoms with Crippen LogP contribution in [0.2, 0.25) is 5.02 Å². The highest BCUT2D eigenvalue weighted by Crippen LogP contribution is 2.23. The highest BCUT2D eigenvalue weighted by atomic mass is 35.5. The van der Waals surface area contributed by atoms with E-state index in [1.54, 1.807) is 24.6 Å². The Hall–Kier alpha value is -2.57. The predicted octanol–water partition coefficient (Wildman–Crippen LogP) is 4.48. The number of thiazole rings is 1. The Balaban J connectivity index is 1.62. The maximum atomic E-state index is 12.3. The molecule has 1 heterocycles. The summed E-state index contributed by atoms with van der Waals surface area (Å²) in [6.45, 7) is 0.372. The number of hydrogen-bond acceptors (Lipinski definition) is 5. The lowest BCUT2D eigenvalue weighted by molar-refractivity contribution is 0.0946. The van der Waals surface area contributed by atoms with Crippen LogP contribution in [-0.4, -0.2) is 18.0 Å². The molecular weight excluding hydrogens is 358 g/mol. The Morgan fingerprint density at radius 2 is 2.08 bits per heavy atom. The molecule has 3 aromatic rings. The van der Waals surface area contributed by atoms with Gasteiger partial charge in [0.05, 0.1) is 7.11 Å². The minimum absolute atomic E-state index is 0.235. The zero-order valence-electron chi connectivity index (χ0n) is 13.5. The van der Waals surface area contributed by atoms with E-state index in [9.17, 15) is 4.79 Å². The molecule has 1 aromatic heterocycles. The summed E-state index contributed by atoms with van der Waals surface area (Å²) in [6, 6.07) is 14.9. The fourth-order valence-corrected chi connectivity index (χ4v) is 3.14. The molecule has 0 spiro atoms. The summed E-state index contributed by atoms with van der Waals surface area (Å²) in [5, 5.41) is 8.97. The van der Waals surface area contributed by atoms with Gasteiger partial charge in [0.25, 0.3) is 5.91 Å². The van der Waals surface area contributed by atoms with Crippen molar-refractivity contribution in [3.8, 4) is 5.75 Å². The third-order valence-corrected chi connectivity index (χ3v) is 4.44. The molecule has 0 unspecified atom stereocenters. The topological polar surface area (TPSA) is 63.2 Å². The highest BCUT2D eigenvalue weighted by Gasteiger charge is 2.12. The van der Waals surface area contributed by atoms with Crippen LogP contribution in [0.3, 0.4) is 0 Å². The van der Waals surface area contributed by atoms with E-state index in [2.05, 4.69) is 15.6 Å². The van der Waals surface area contributed by atoms with Crippen LogP contribution >= 0.6 is 22.9 Å². The molecule has 0 saturated heterocycles. The first-order valence-corrected chi connectivity index (χ1v) is 8.79. The van der Waals surface area contributed by atoms with E-state index >= 15 is 0 Å². The lowest BCUT2D eigenvalue weighted by atomic mass is 10.2. The SMILES string of the molecule is COc1ccccc1CNC(=O)c1csc(Nc2cccc(Cl)c2)n1. The van der Waals surface area contributed by atoms with E-state index in [0.717, 1.165) is 17.0 Å². The first kappa shape index (κ1) is 17.3. The van der Waals surface area contributed by atoms with Gasteiger partial charge in [-0.15, -0.1) is 11.3 Å². The molecule has 0 saturated carbocycles. The number of benzene rings is 2. The Morgan fingerprint density at radius 3 is 2.88 bits per heavy atom. The molecule has 0 aliphatic rings. The van der Waals surface area contributed by atoms with Crippen molar-refractivity contribution < 1.29 is 9.53 Å². The quantitative estimate of drug-likeness (QED) is 0.668. The molecule has 0 bridgehead atoms. The second-order valence-electron chi connectivity index (χ2n) is 5.17. The molecule has 0 fully saturated rings. The number of anilines is 2. The van der Waals surface area contributed by atoms with Gasteiger partial charge >= 0.3 is 0 Å². The minimum Gasteiger partial charge on any atom is -0.496 e. The number of aromatic nitrogens is 1. The van der Waals surface area contributed by atoms with Crippen molar-refractivity contribution in [1.82, 2.24) is 10.3 Å². The molecule has 0 aliphatic heterocycles. The molecule has 5 nitrogen and oxygen atoms in total. The third-order valence-electron chi connectivity index (χ3n) is 3.44. The van der Waals surface area contributed by atoms with Crippen LogP contribution in [0.5, 0.6) is 5.75 Å². The lowest BCUT2D eigenvalue weighted by Gasteiger charge is -2.08. The second kappa shape index (κ2) is 8.00. The number of carbonyl (C=O) groups is 1. The van der Waals surface area contributed by atoms with Crippen molar-refractivity contribution in [3.63, 3.8) is 0 Å². The van der Waals surface area contributed by atoms with Crippen LogP contribution in [0.4, 0.5) is 10.8 Å². The smallest absolute Gasteiger partial charge is 0.271 e. The third kappa shape index (κ3) is 4.49. The van der Waals surface area contributed by atoms with Crippen molar-refractivity contribution in [3.05, 3.63) is 70.2 Å². The van der Waals surface area contributed by atoms with Gasteiger partial charge in [0.15, 0.2) is 5.13 Å². The fourth-order valence-electron chi connectivity index (χ4n) is 2.24. The number of carbonyl (C=O) groups excluding carboxylic acids is 1. The summed E-state index contributed by atoms with van der Waals surface area (Å²) in [4.78, 5) is 16.6. The first-order valence-electron chi connectivity index (χ1n) is 7.54. The number of rotatable bonds is 6. The first-order chi connectivity index (χ1) is 12.2. The molecule has 0 atom stereocenters. The average molecular weight is 374 g/mol. The highest BCUT2D eigenvalue weighted by molar-refractivity contribution is 7.14. The molecule has 1 amide bonds. The average Bonchev–Trinajstić information content (AvgIpc) is 3.08. The van der Waals surface area contributed by atoms with Gasteiger partial charge in [0, 0.05) is 28.2 Å². The van der Waals surface area contributed by atoms with Crippen LogP contribution in [0, 0.1) is 0 Å². The van der Waals surface area contributed by atoms with E-state index in [1.165, 1.54) is 11.3 Å². The van der Waals surface area contributed by atoms with Crippen LogP contribution in [0.15, 0.2) is 53.9 Å². The van der Waals surface area contributed by atoms with E-state index in [0.29, 0.717) is 22.4 Å². The standard InChI is InChI=1S/C18H16ClN3O2S/c1-24-16-8-3-2-5-12(16)10-20-17(23)15-11-25-18(22-15)21-14-7-4-6-13(19)9-14/h2-9,11H,10H2,1H3,(H,20,23)(H,21,22). The molecule has 2 aromatic carbocycles. The summed E-state index contributed by atoms with van der Waals surface area (Å²) in [6.07, 6.45) is 0. The second-order valence-corrected chi connectivity index (χ2v) is 6.46. The van der Waals surface area contributed by atoms with Crippen LogP contribution in [-0.2, 0) is 6.54 Å². The van der Waals surface area contributed by atoms with Crippen molar-refractivity contribution in [2.75, 3.05) is 12.4 Å². The summed E-state index contributed by atoms with van der Waals surface area (Å²) in [5.74, 6) is 0.505. The Kier molecular flexibility index (Phi) is 5.53. The summed E-state index contributed by atoms with van der Waals surface area (Å²) >= 11 is 7.32. The number of nitrogens with zero attached hydrogens (tertiary/aromatic N) is 1. The van der Waals surface area contributed by atoms with Crippen molar-refractivity contribution in [2.24, 2.45) is 0 Å². The molecule has 3 rings (SSSR count). The minimum atomic E-state index is -0.235. The number of halogens is 1. The van der Waals surface area contributed by atoms with E-state index < -0.39 is 0 Å². The van der Waals surface area contributed by atoms with E-state index in [4.69, 9.17) is 16.3 Å². The van der Waals surface area contributed by atoms with Gasteiger partial charge in [-0.3, -0.25) is 4.79 Å². The number of amides is 1. The summed E-state index contributed by atoms with van der Waals surface area (Å²) < 4.78 is 5.28. The molecule has 2 N–H and O–H groups in total. The molecule has 0 radical (unpaired) electrons. The molecule has 0 aliphatic carbocycles. The van der Waals surface area contributed by atoms with Gasteiger partial charge in [-0.25, -0.2) is 4.98 Å². The molecule has 128 valence electrons. The van der Waals surface area contributed by atoms with Gasteiger partial charge in [-0.05, 0) is 24.3 Å². The van der Waals surface area contributed by atoms with Crippen molar-refractivity contribution in [1.29, 1.82) is 0 Å². The van der Waals surface area contributed by atoms with Crippen LogP contribution < -0.4 is 15.4 Å². The molecular formula is C18H16ClN3O2S. The Morgan fingerprint density at radius 1 is 1.24 bits per heavy atom. The van der Waals surface area contributed by atoms with Gasteiger partial charge in [-0.2, -0.15) is 0 Å². The van der Waals surface area contributed by atoms with Gasteiger partial charge < -0.3 is 15.4 Å². The maximum absolute atomic E-state index is 12.3. The molecule has 7 heteroatoms. The zero-order valence-corrected chi connectivity index (χ0v) is 15.0. The normalized spacial score (nSPS) is 10.3. The van der Waals surface area contributed by atoms with Gasteiger partial charge in [-0.1, -0.05) is 35.9 Å². The number of ether oxygens (including phenoxy) is 1.